The van der Waals surface area contributed by atoms with Crippen molar-refractivity contribution in [2.24, 2.45) is 5.84 Å². The molecule has 0 radical (unpaired) electrons. The lowest BCUT2D eigenvalue weighted by Crippen LogP contribution is -2.30. The van der Waals surface area contributed by atoms with Crippen LogP contribution in [0.5, 0.6) is 5.88 Å². The third-order valence-corrected chi connectivity index (χ3v) is 2.71. The van der Waals surface area contributed by atoms with Gasteiger partial charge in [0.1, 0.15) is 0 Å². The summed E-state index contributed by atoms with van der Waals surface area (Å²) in [4.78, 5) is 8.46. The lowest BCUT2D eigenvalue weighted by atomic mass is 10.0. The number of ether oxygens (including phenoxy) is 1. The maximum Gasteiger partial charge on any atom is 0.217 e. The number of nitrogens with two attached hydrogens (primary N) is 1. The third-order valence-electron chi connectivity index (χ3n) is 2.71. The minimum atomic E-state index is -0.0800. The van der Waals surface area contributed by atoms with E-state index in [1.54, 1.807) is 19.5 Å². The minimum Gasteiger partial charge on any atom is -0.481 e. The molecule has 2 rings (SSSR count). The van der Waals surface area contributed by atoms with E-state index in [1.807, 2.05) is 30.3 Å². The Morgan fingerprint density at radius 3 is 2.72 bits per heavy atom. The van der Waals surface area contributed by atoms with Crippen LogP contribution < -0.4 is 16.0 Å². The van der Waals surface area contributed by atoms with Gasteiger partial charge in [-0.1, -0.05) is 12.1 Å². The molecular formula is C13H16N4O. The number of hydrazine groups is 1. The fourth-order valence-electron chi connectivity index (χ4n) is 1.83. The fraction of sp³-hybridized carbons (Fsp3) is 0.231. The zero-order valence-corrected chi connectivity index (χ0v) is 10.2. The van der Waals surface area contributed by atoms with Crippen LogP contribution in [0, 0.1) is 0 Å². The number of aromatic nitrogens is 2. The van der Waals surface area contributed by atoms with Crippen molar-refractivity contribution >= 4 is 0 Å². The Morgan fingerprint density at radius 2 is 2.06 bits per heavy atom. The molecule has 18 heavy (non-hydrogen) atoms. The van der Waals surface area contributed by atoms with Crippen LogP contribution in [-0.2, 0) is 6.42 Å². The minimum absolute atomic E-state index is 0.0800. The molecule has 0 saturated heterocycles. The summed E-state index contributed by atoms with van der Waals surface area (Å²) in [6.07, 6.45) is 4.14. The summed E-state index contributed by atoms with van der Waals surface area (Å²) in [6.45, 7) is 0. The average molecular weight is 244 g/mol. The van der Waals surface area contributed by atoms with Gasteiger partial charge in [-0.05, 0) is 18.2 Å². The van der Waals surface area contributed by atoms with Crippen LogP contribution in [-0.4, -0.2) is 17.1 Å². The smallest absolute Gasteiger partial charge is 0.217 e. The number of hydrogen-bond donors (Lipinski definition) is 2. The summed E-state index contributed by atoms with van der Waals surface area (Å²) in [7, 11) is 1.60. The molecule has 0 saturated carbocycles. The van der Waals surface area contributed by atoms with Crippen molar-refractivity contribution in [3.63, 3.8) is 0 Å². The van der Waals surface area contributed by atoms with Gasteiger partial charge in [0, 0.05) is 30.1 Å². The van der Waals surface area contributed by atoms with E-state index in [-0.39, 0.29) is 6.04 Å². The SMILES string of the molecule is COc1ncccc1C(Cc1ccccn1)NN. The van der Waals surface area contributed by atoms with E-state index in [4.69, 9.17) is 10.6 Å². The molecule has 94 valence electrons. The van der Waals surface area contributed by atoms with Crippen LogP contribution in [0.4, 0.5) is 0 Å². The van der Waals surface area contributed by atoms with Gasteiger partial charge in [-0.15, -0.1) is 0 Å². The molecule has 3 N–H and O–H groups in total. The van der Waals surface area contributed by atoms with E-state index in [0.29, 0.717) is 12.3 Å². The molecule has 2 heterocycles. The van der Waals surface area contributed by atoms with Gasteiger partial charge in [-0.2, -0.15) is 0 Å². The van der Waals surface area contributed by atoms with Crippen LogP contribution in [0.25, 0.3) is 0 Å². The molecule has 0 spiro atoms. The average Bonchev–Trinajstić information content (AvgIpc) is 2.46. The van der Waals surface area contributed by atoms with Crippen LogP contribution in [0.15, 0.2) is 42.7 Å². The van der Waals surface area contributed by atoms with Gasteiger partial charge < -0.3 is 4.74 Å². The lowest BCUT2D eigenvalue weighted by molar-refractivity contribution is 0.382. The molecule has 1 unspecified atom stereocenters. The van der Waals surface area contributed by atoms with Crippen LogP contribution in [0.1, 0.15) is 17.3 Å². The monoisotopic (exact) mass is 244 g/mol. The molecule has 2 aromatic heterocycles. The second-order valence-electron chi connectivity index (χ2n) is 3.85. The van der Waals surface area contributed by atoms with E-state index in [1.165, 1.54) is 0 Å². The maximum absolute atomic E-state index is 5.62. The highest BCUT2D eigenvalue weighted by Crippen LogP contribution is 2.24. The quantitative estimate of drug-likeness (QED) is 0.611. The van der Waals surface area contributed by atoms with Crippen molar-refractivity contribution in [2.45, 2.75) is 12.5 Å². The van der Waals surface area contributed by atoms with Crippen molar-refractivity contribution in [2.75, 3.05) is 7.11 Å². The predicted octanol–water partition coefficient (Wildman–Crippen LogP) is 1.23. The molecule has 0 aliphatic heterocycles. The molecule has 5 nitrogen and oxygen atoms in total. The first-order chi connectivity index (χ1) is 8.85. The van der Waals surface area contributed by atoms with Gasteiger partial charge in [0.25, 0.3) is 0 Å². The van der Waals surface area contributed by atoms with Crippen molar-refractivity contribution in [3.05, 3.63) is 54.0 Å². The highest BCUT2D eigenvalue weighted by atomic mass is 16.5. The van der Waals surface area contributed by atoms with E-state index in [9.17, 15) is 0 Å². The van der Waals surface area contributed by atoms with Crippen molar-refractivity contribution < 1.29 is 4.74 Å². The van der Waals surface area contributed by atoms with Crippen molar-refractivity contribution in [1.29, 1.82) is 0 Å². The third kappa shape index (κ3) is 2.82. The molecule has 0 fully saturated rings. The predicted molar refractivity (Wildman–Crippen MR) is 68.8 cm³/mol. The normalized spacial score (nSPS) is 12.1. The first kappa shape index (κ1) is 12.5. The molecule has 0 aliphatic carbocycles. The molecule has 5 heteroatoms. The van der Waals surface area contributed by atoms with Crippen molar-refractivity contribution in [1.82, 2.24) is 15.4 Å². The molecule has 0 amide bonds. The van der Waals surface area contributed by atoms with Gasteiger partial charge in [0.15, 0.2) is 0 Å². The van der Waals surface area contributed by atoms with E-state index in [2.05, 4.69) is 15.4 Å². The number of pyridine rings is 2. The summed E-state index contributed by atoms with van der Waals surface area (Å²) < 4.78 is 5.24. The van der Waals surface area contributed by atoms with Gasteiger partial charge in [0.05, 0.1) is 13.2 Å². The molecule has 1 atom stereocenters. The Balaban J connectivity index is 2.23. The topological polar surface area (TPSA) is 73.1 Å². The number of hydrogen-bond acceptors (Lipinski definition) is 5. The number of rotatable bonds is 5. The largest absolute Gasteiger partial charge is 0.481 e. The highest BCUT2D eigenvalue weighted by molar-refractivity contribution is 5.30. The molecule has 0 bridgehead atoms. The summed E-state index contributed by atoms with van der Waals surface area (Å²) in [5, 5.41) is 0. The van der Waals surface area contributed by atoms with Crippen molar-refractivity contribution in [3.8, 4) is 5.88 Å². The molecule has 0 aromatic carbocycles. The first-order valence-corrected chi connectivity index (χ1v) is 5.70. The summed E-state index contributed by atoms with van der Waals surface area (Å²) >= 11 is 0. The summed E-state index contributed by atoms with van der Waals surface area (Å²) in [5.41, 5.74) is 4.67. The summed E-state index contributed by atoms with van der Waals surface area (Å²) in [5.74, 6) is 6.20. The second-order valence-corrected chi connectivity index (χ2v) is 3.85. The Labute approximate surface area is 106 Å². The Hall–Kier alpha value is -1.98. The van der Waals surface area contributed by atoms with E-state index >= 15 is 0 Å². The van der Waals surface area contributed by atoms with E-state index in [0.717, 1.165) is 11.3 Å². The molecule has 0 aliphatic rings. The van der Waals surface area contributed by atoms with Gasteiger partial charge in [-0.3, -0.25) is 16.3 Å². The highest BCUT2D eigenvalue weighted by Gasteiger charge is 2.16. The zero-order valence-electron chi connectivity index (χ0n) is 10.2. The van der Waals surface area contributed by atoms with Gasteiger partial charge in [0.2, 0.25) is 5.88 Å². The standard InChI is InChI=1S/C13H16N4O/c1-18-13-11(6-4-8-16-13)12(17-14)9-10-5-2-3-7-15-10/h2-8,12,17H,9,14H2,1H3. The summed E-state index contributed by atoms with van der Waals surface area (Å²) in [6, 6.07) is 9.53. The second kappa shape index (κ2) is 6.09. The lowest BCUT2D eigenvalue weighted by Gasteiger charge is -2.17. The number of nitrogens with one attached hydrogen (secondary N) is 1. The Morgan fingerprint density at radius 1 is 1.22 bits per heavy atom. The maximum atomic E-state index is 5.62. The Kier molecular flexibility index (Phi) is 4.22. The zero-order chi connectivity index (χ0) is 12.8. The molecular weight excluding hydrogens is 228 g/mol. The number of methoxy groups -OCH3 is 1. The van der Waals surface area contributed by atoms with Crippen LogP contribution in [0.2, 0.25) is 0 Å². The van der Waals surface area contributed by atoms with E-state index < -0.39 is 0 Å². The molecule has 2 aromatic rings. The van der Waals surface area contributed by atoms with Crippen LogP contribution >= 0.6 is 0 Å². The first-order valence-electron chi connectivity index (χ1n) is 5.70. The fourth-order valence-corrected chi connectivity index (χ4v) is 1.83. The van der Waals surface area contributed by atoms with Crippen LogP contribution in [0.3, 0.4) is 0 Å². The Bertz CT molecular complexity index is 489. The van der Waals surface area contributed by atoms with Gasteiger partial charge >= 0.3 is 0 Å². The van der Waals surface area contributed by atoms with Gasteiger partial charge in [-0.25, -0.2) is 4.98 Å². The number of nitrogens with zero attached hydrogens (tertiary/aromatic N) is 2.